The van der Waals surface area contributed by atoms with E-state index in [-0.39, 0.29) is 12.8 Å². The van der Waals surface area contributed by atoms with E-state index in [0.717, 1.165) is 44.9 Å². The van der Waals surface area contributed by atoms with Crippen LogP contribution in [0.25, 0.3) is 0 Å². The van der Waals surface area contributed by atoms with Crippen LogP contribution in [0.1, 0.15) is 181 Å². The van der Waals surface area contributed by atoms with Gasteiger partial charge in [-0.05, 0) is 51.4 Å². The van der Waals surface area contributed by atoms with E-state index in [1.807, 2.05) is 12.2 Å². The molecule has 0 saturated heterocycles. The fourth-order valence-corrected chi connectivity index (χ4v) is 7.84. The van der Waals surface area contributed by atoms with E-state index in [2.05, 4.69) is 50.3 Å². The number of carbonyl (C=O) groups is 2. The van der Waals surface area contributed by atoms with Crippen LogP contribution in [0.15, 0.2) is 48.6 Å². The summed E-state index contributed by atoms with van der Waals surface area (Å²) in [5, 5.41) is 50.1. The van der Waals surface area contributed by atoms with Crippen LogP contribution in [0.3, 0.4) is 0 Å². The van der Waals surface area contributed by atoms with Gasteiger partial charge in [0.15, 0.2) is 6.10 Å². The minimum Gasteiger partial charge on any atom is -0.462 e. The van der Waals surface area contributed by atoms with Crippen LogP contribution in [0.2, 0.25) is 0 Å². The molecule has 1 rings (SSSR count). The predicted octanol–water partition coefficient (Wildman–Crippen LogP) is 9.17. The summed E-state index contributed by atoms with van der Waals surface area (Å²) < 4.78 is 33.5. The highest BCUT2D eigenvalue weighted by Gasteiger charge is 2.51. The molecule has 1 aliphatic carbocycles. The quantitative estimate of drug-likeness (QED) is 0.0148. The Labute approximate surface area is 367 Å². The number of aliphatic hydroxyl groups excluding tert-OH is 5. The van der Waals surface area contributed by atoms with Crippen LogP contribution in [-0.2, 0) is 32.7 Å². The van der Waals surface area contributed by atoms with Gasteiger partial charge in [0.2, 0.25) is 0 Å². The smallest absolute Gasteiger partial charge is 0.462 e. The zero-order valence-electron chi connectivity index (χ0n) is 37.4. The summed E-state index contributed by atoms with van der Waals surface area (Å²) in [6.07, 6.45) is 30.3. The molecule has 0 aliphatic heterocycles. The molecule has 0 heterocycles. The molecule has 14 heteroatoms. The lowest BCUT2D eigenvalue weighted by Crippen LogP contribution is -2.64. The molecule has 0 radical (unpaired) electrons. The third-order valence-corrected chi connectivity index (χ3v) is 11.7. The Morgan fingerprint density at radius 2 is 0.902 bits per heavy atom. The second kappa shape index (κ2) is 37.2. The van der Waals surface area contributed by atoms with Crippen molar-refractivity contribution in [2.75, 3.05) is 13.2 Å². The number of aliphatic hydroxyl groups is 5. The molecular formula is C47H83O13P. The number of ether oxygens (including phenoxy) is 2. The van der Waals surface area contributed by atoms with E-state index < -0.39 is 75.7 Å². The Bertz CT molecular complexity index is 1250. The molecule has 0 aromatic rings. The Kier molecular flexibility index (Phi) is 34.7. The molecule has 1 fully saturated rings. The summed E-state index contributed by atoms with van der Waals surface area (Å²) in [6, 6.07) is 0. The number of carbonyl (C=O) groups excluding carboxylic acids is 2. The Morgan fingerprint density at radius 3 is 1.39 bits per heavy atom. The van der Waals surface area contributed by atoms with Gasteiger partial charge in [-0.3, -0.25) is 18.6 Å². The van der Waals surface area contributed by atoms with Crippen molar-refractivity contribution in [1.82, 2.24) is 0 Å². The SMILES string of the molecule is CCCCC/C=C/C/C=C\C/C=C/C/C=C/CCCC(=O)O[C@H](COC(=O)CCCCCCCCCCCCCCCCC)COP(=O)(O)OC1[C@H](O)[C@H](O)C(O)[C@H](O)[C@H]1O. The lowest BCUT2D eigenvalue weighted by molar-refractivity contribution is -0.220. The number of hydrogen-bond donors (Lipinski definition) is 6. The van der Waals surface area contributed by atoms with E-state index in [9.17, 15) is 44.6 Å². The molecule has 8 atom stereocenters. The van der Waals surface area contributed by atoms with Crippen LogP contribution in [0.4, 0.5) is 0 Å². The highest BCUT2D eigenvalue weighted by Crippen LogP contribution is 2.47. The second-order valence-corrected chi connectivity index (χ2v) is 17.7. The number of phosphoric ester groups is 1. The van der Waals surface area contributed by atoms with E-state index >= 15 is 0 Å². The highest BCUT2D eigenvalue weighted by atomic mass is 31.2. The van der Waals surface area contributed by atoms with Crippen LogP contribution in [0.5, 0.6) is 0 Å². The monoisotopic (exact) mass is 887 g/mol. The van der Waals surface area contributed by atoms with E-state index in [4.69, 9.17) is 18.5 Å². The number of hydrogen-bond acceptors (Lipinski definition) is 12. The van der Waals surface area contributed by atoms with Crippen molar-refractivity contribution in [3.05, 3.63) is 48.6 Å². The Balaban J connectivity index is 2.50. The van der Waals surface area contributed by atoms with Gasteiger partial charge >= 0.3 is 19.8 Å². The average molecular weight is 887 g/mol. The molecule has 0 amide bonds. The summed E-state index contributed by atoms with van der Waals surface area (Å²) in [5.41, 5.74) is 0. The first kappa shape index (κ1) is 56.8. The molecule has 61 heavy (non-hydrogen) atoms. The summed E-state index contributed by atoms with van der Waals surface area (Å²) in [4.78, 5) is 35.7. The van der Waals surface area contributed by atoms with Gasteiger partial charge < -0.3 is 39.9 Å². The summed E-state index contributed by atoms with van der Waals surface area (Å²) >= 11 is 0. The molecule has 0 aromatic heterocycles. The van der Waals surface area contributed by atoms with Gasteiger partial charge in [0.1, 0.15) is 43.2 Å². The van der Waals surface area contributed by atoms with Crippen LogP contribution in [0, 0.1) is 0 Å². The molecule has 354 valence electrons. The van der Waals surface area contributed by atoms with Crippen molar-refractivity contribution in [2.45, 2.75) is 224 Å². The lowest BCUT2D eigenvalue weighted by atomic mass is 9.85. The maximum atomic E-state index is 12.8. The molecule has 0 spiro atoms. The maximum Gasteiger partial charge on any atom is 0.472 e. The van der Waals surface area contributed by atoms with Crippen LogP contribution >= 0.6 is 7.82 Å². The number of allylic oxidation sites excluding steroid dienone is 8. The molecule has 13 nitrogen and oxygen atoms in total. The van der Waals surface area contributed by atoms with Crippen molar-refractivity contribution < 1.29 is 63.1 Å². The Hall–Kier alpha value is -2.19. The average Bonchev–Trinajstić information content (AvgIpc) is 3.24. The molecule has 1 aliphatic rings. The zero-order chi connectivity index (χ0) is 45.0. The standard InChI is InChI=1S/C47H83O13P/c1-3-5-7-9-11-13-15-17-19-20-22-24-26-28-30-32-34-36-41(49)59-39(38-58-61(55,56)60-47-45(53)43(51)42(50)44(52)46(47)54)37-57-40(48)35-33-31-29-27-25-23-21-18-16-14-12-10-8-6-4-2/h11,13,17,19,22,24,28,30,39,42-47,50-54H,3-10,12,14-16,18,20-21,23,25-27,29,31-38H2,1-2H3,(H,55,56)/b13-11+,19-17-,24-22+,30-28+/t39-,42?,43-,44+,45-,46-,47?/m1/s1. The summed E-state index contributed by atoms with van der Waals surface area (Å²) in [6.45, 7) is 3.23. The normalized spacial score (nSPS) is 22.4. The number of unbranched alkanes of at least 4 members (excludes halogenated alkanes) is 18. The Morgan fingerprint density at radius 1 is 0.508 bits per heavy atom. The van der Waals surface area contributed by atoms with E-state index in [0.29, 0.717) is 19.3 Å². The van der Waals surface area contributed by atoms with E-state index in [1.165, 1.54) is 89.9 Å². The fourth-order valence-electron chi connectivity index (χ4n) is 6.87. The summed E-state index contributed by atoms with van der Waals surface area (Å²) in [7, 11) is -5.13. The molecule has 6 N–H and O–H groups in total. The van der Waals surface area contributed by atoms with Gasteiger partial charge in [-0.25, -0.2) is 4.57 Å². The third kappa shape index (κ3) is 29.7. The van der Waals surface area contributed by atoms with Crippen LogP contribution < -0.4 is 0 Å². The van der Waals surface area contributed by atoms with E-state index in [1.54, 1.807) is 0 Å². The summed E-state index contributed by atoms with van der Waals surface area (Å²) in [5.74, 6) is -1.16. The zero-order valence-corrected chi connectivity index (χ0v) is 38.3. The molecular weight excluding hydrogens is 803 g/mol. The first-order chi connectivity index (χ1) is 29.4. The van der Waals surface area contributed by atoms with Crippen LogP contribution in [-0.4, -0.2) is 98.3 Å². The van der Waals surface area contributed by atoms with Gasteiger partial charge in [-0.2, -0.15) is 0 Å². The predicted molar refractivity (Wildman–Crippen MR) is 239 cm³/mol. The molecule has 0 aromatic carbocycles. The molecule has 1 saturated carbocycles. The topological polar surface area (TPSA) is 210 Å². The maximum absolute atomic E-state index is 12.8. The number of rotatable bonds is 38. The van der Waals surface area contributed by atoms with Crippen molar-refractivity contribution in [1.29, 1.82) is 0 Å². The van der Waals surface area contributed by atoms with Gasteiger partial charge in [0, 0.05) is 12.8 Å². The van der Waals surface area contributed by atoms with Gasteiger partial charge in [-0.1, -0.05) is 165 Å². The third-order valence-electron chi connectivity index (χ3n) is 10.7. The number of esters is 2. The van der Waals surface area contributed by atoms with Gasteiger partial charge in [0.05, 0.1) is 6.61 Å². The number of phosphoric acid groups is 1. The molecule has 0 bridgehead atoms. The van der Waals surface area contributed by atoms with Crippen molar-refractivity contribution in [3.8, 4) is 0 Å². The van der Waals surface area contributed by atoms with Gasteiger partial charge in [-0.15, -0.1) is 0 Å². The second-order valence-electron chi connectivity index (χ2n) is 16.3. The first-order valence-corrected chi connectivity index (χ1v) is 24.9. The minimum absolute atomic E-state index is 0.0213. The fraction of sp³-hybridized carbons (Fsp3) is 0.787. The largest absolute Gasteiger partial charge is 0.472 e. The lowest BCUT2D eigenvalue weighted by Gasteiger charge is -2.41. The highest BCUT2D eigenvalue weighted by molar-refractivity contribution is 7.47. The van der Waals surface area contributed by atoms with Gasteiger partial charge in [0.25, 0.3) is 0 Å². The minimum atomic E-state index is -5.13. The first-order valence-electron chi connectivity index (χ1n) is 23.4. The van der Waals surface area contributed by atoms with Crippen molar-refractivity contribution in [3.63, 3.8) is 0 Å². The van der Waals surface area contributed by atoms with Crippen molar-refractivity contribution >= 4 is 19.8 Å². The molecule has 3 unspecified atom stereocenters. The van der Waals surface area contributed by atoms with Crippen molar-refractivity contribution in [2.24, 2.45) is 0 Å².